The van der Waals surface area contributed by atoms with Crippen LogP contribution in [0, 0.1) is 0 Å². The van der Waals surface area contributed by atoms with Crippen LogP contribution in [0.3, 0.4) is 0 Å². The van der Waals surface area contributed by atoms with Crippen molar-refractivity contribution < 1.29 is 0 Å². The predicted octanol–water partition coefficient (Wildman–Crippen LogP) is 20.0. The summed E-state index contributed by atoms with van der Waals surface area (Å²) in [6.07, 6.45) is 3.91. The fourth-order valence-electron chi connectivity index (χ4n) is 13.4. The first-order valence-corrected chi connectivity index (χ1v) is 27.5. The smallest absolute Gasteiger partial charge is 0.0787 e. The van der Waals surface area contributed by atoms with Crippen LogP contribution < -0.4 is 0 Å². The van der Waals surface area contributed by atoms with Gasteiger partial charge in [-0.15, -0.1) is 22.7 Å². The van der Waals surface area contributed by atoms with E-state index in [1.165, 1.54) is 116 Å². The van der Waals surface area contributed by atoms with Gasteiger partial charge in [0, 0.05) is 123 Å². The van der Waals surface area contributed by atoms with E-state index in [1.807, 2.05) is 35.1 Å². The van der Waals surface area contributed by atoms with Gasteiger partial charge in [0.2, 0.25) is 0 Å². The molecule has 0 radical (unpaired) electrons. The van der Waals surface area contributed by atoms with E-state index in [2.05, 4.69) is 228 Å². The van der Waals surface area contributed by atoms with E-state index in [0.29, 0.717) is 0 Å². The molecule has 18 rings (SSSR count). The molecule has 0 atom stereocenters. The summed E-state index contributed by atoms with van der Waals surface area (Å²) in [5.41, 5.74) is 11.3. The lowest BCUT2D eigenvalue weighted by Gasteiger charge is -2.17. The molecular formula is C70H38N4S2. The quantitative estimate of drug-likeness (QED) is 0.165. The second kappa shape index (κ2) is 15.1. The summed E-state index contributed by atoms with van der Waals surface area (Å²) in [4.78, 5) is 10.5. The van der Waals surface area contributed by atoms with Gasteiger partial charge in [-0.05, 0) is 118 Å². The van der Waals surface area contributed by atoms with Crippen molar-refractivity contribution in [3.8, 4) is 22.5 Å². The zero-order valence-electron chi connectivity index (χ0n) is 40.5. The number of fused-ring (bicyclic) bond motifs is 26. The van der Waals surface area contributed by atoms with E-state index in [9.17, 15) is 0 Å². The summed E-state index contributed by atoms with van der Waals surface area (Å²) in [5, 5.41) is 22.2. The Morgan fingerprint density at radius 2 is 0.816 bits per heavy atom. The number of benzene rings is 12. The van der Waals surface area contributed by atoms with Crippen LogP contribution in [0.4, 0.5) is 0 Å². The number of para-hydroxylation sites is 3. The first kappa shape index (κ1) is 41.0. The zero-order valence-corrected chi connectivity index (χ0v) is 42.2. The highest BCUT2D eigenvalue weighted by atomic mass is 32.1. The van der Waals surface area contributed by atoms with Gasteiger partial charge in [-0.1, -0.05) is 127 Å². The lowest BCUT2D eigenvalue weighted by molar-refractivity contribution is 1.18. The van der Waals surface area contributed by atoms with Crippen molar-refractivity contribution in [2.75, 3.05) is 0 Å². The standard InChI is InChI=1S/C70H38N4S2/c1-3-15-40(16-4-1)73-57-24-10-7-19-42(57)51-35-54-56(37-59(51)73)69-49(23-14-32-72-69)64-50(38-63-66(67(54)64)48-21-9-12-26-62(48)75-63)39-27-28-43-52-34-53-55(36-60(52)74(58(43)33-39)41-17-5-2-6-18-41)68-46(22-13-31-71-68)45-29-30-47-44-20-8-11-25-61(44)76-70(47)65(45)53/h1-38H. The highest BCUT2D eigenvalue weighted by Gasteiger charge is 2.25. The number of aromatic nitrogens is 4. The van der Waals surface area contributed by atoms with Crippen LogP contribution in [-0.4, -0.2) is 19.1 Å². The molecule has 0 spiro atoms. The van der Waals surface area contributed by atoms with Crippen LogP contribution in [0.15, 0.2) is 231 Å². The molecule has 18 aromatic rings. The maximum atomic E-state index is 5.31. The van der Waals surface area contributed by atoms with E-state index in [1.54, 1.807) is 0 Å². The molecule has 0 aliphatic carbocycles. The van der Waals surface area contributed by atoms with Gasteiger partial charge < -0.3 is 9.13 Å². The third-order valence-electron chi connectivity index (χ3n) is 16.5. The average molecular weight is 999 g/mol. The van der Waals surface area contributed by atoms with Crippen molar-refractivity contribution >= 4 is 172 Å². The highest BCUT2D eigenvalue weighted by Crippen LogP contribution is 2.51. The molecule has 0 aliphatic rings. The molecule has 0 unspecified atom stereocenters. The summed E-state index contributed by atoms with van der Waals surface area (Å²) < 4.78 is 10.1. The molecule has 76 heavy (non-hydrogen) atoms. The zero-order chi connectivity index (χ0) is 49.3. The molecule has 4 nitrogen and oxygen atoms in total. The Morgan fingerprint density at radius 1 is 0.276 bits per heavy atom. The van der Waals surface area contributed by atoms with Crippen LogP contribution in [0.2, 0.25) is 0 Å². The van der Waals surface area contributed by atoms with E-state index in [4.69, 9.17) is 9.97 Å². The number of hydrogen-bond acceptors (Lipinski definition) is 4. The number of pyridine rings is 2. The Hall–Kier alpha value is -9.46. The molecule has 6 heterocycles. The van der Waals surface area contributed by atoms with Crippen molar-refractivity contribution in [3.05, 3.63) is 231 Å². The number of hydrogen-bond donors (Lipinski definition) is 0. The number of nitrogens with zero attached hydrogens (tertiary/aromatic N) is 4. The van der Waals surface area contributed by atoms with Crippen molar-refractivity contribution in [2.45, 2.75) is 0 Å². The van der Waals surface area contributed by atoms with E-state index < -0.39 is 0 Å². The fourth-order valence-corrected chi connectivity index (χ4v) is 15.8. The van der Waals surface area contributed by atoms with Crippen molar-refractivity contribution in [1.29, 1.82) is 0 Å². The normalized spacial score (nSPS) is 12.5. The molecular weight excluding hydrogens is 961 g/mol. The minimum atomic E-state index is 1.00. The van der Waals surface area contributed by atoms with Gasteiger partial charge in [-0.25, -0.2) is 0 Å². The fraction of sp³-hybridized carbons (Fsp3) is 0. The van der Waals surface area contributed by atoms with Gasteiger partial charge in [0.1, 0.15) is 0 Å². The SMILES string of the molecule is c1ccc(-n2c3cc(-c4cc5sc6ccccc6c5c5c6cc7c8ccccc8n(-c8ccccc8)c7cc6c6ncccc6c45)ccc3c3cc4c(cc32)c2ncccc2c2ccc3c5ccccc5sc3c24)cc1. The van der Waals surface area contributed by atoms with Crippen molar-refractivity contribution in [3.63, 3.8) is 0 Å². The monoisotopic (exact) mass is 998 g/mol. The van der Waals surface area contributed by atoms with Crippen LogP contribution in [0.25, 0.3) is 171 Å². The topological polar surface area (TPSA) is 35.6 Å². The van der Waals surface area contributed by atoms with E-state index in [-0.39, 0.29) is 0 Å². The van der Waals surface area contributed by atoms with Crippen molar-refractivity contribution in [1.82, 2.24) is 19.1 Å². The molecule has 0 saturated heterocycles. The molecule has 0 aliphatic heterocycles. The average Bonchev–Trinajstić information content (AvgIpc) is 4.30. The Labute approximate surface area is 441 Å². The molecule has 350 valence electrons. The van der Waals surface area contributed by atoms with Gasteiger partial charge in [-0.3, -0.25) is 9.97 Å². The van der Waals surface area contributed by atoms with Gasteiger partial charge in [0.05, 0.1) is 33.1 Å². The molecule has 0 amide bonds. The minimum absolute atomic E-state index is 1.00. The second-order valence-electron chi connectivity index (χ2n) is 20.3. The van der Waals surface area contributed by atoms with Crippen LogP contribution >= 0.6 is 22.7 Å². The number of thiophene rings is 2. The first-order valence-electron chi connectivity index (χ1n) is 25.9. The minimum Gasteiger partial charge on any atom is -0.309 e. The summed E-state index contributed by atoms with van der Waals surface area (Å²) in [6.45, 7) is 0. The number of rotatable bonds is 3. The molecule has 0 saturated carbocycles. The second-order valence-corrected chi connectivity index (χ2v) is 22.5. The molecule has 0 bridgehead atoms. The maximum absolute atomic E-state index is 5.31. The molecule has 0 fully saturated rings. The van der Waals surface area contributed by atoms with Gasteiger partial charge >= 0.3 is 0 Å². The lowest BCUT2D eigenvalue weighted by atomic mass is 9.88. The summed E-state index contributed by atoms with van der Waals surface area (Å²) in [6, 6.07) is 81.2. The molecule has 0 N–H and O–H groups in total. The first-order chi connectivity index (χ1) is 37.7. The molecule has 6 aromatic heterocycles. The van der Waals surface area contributed by atoms with Crippen LogP contribution in [0.1, 0.15) is 0 Å². The van der Waals surface area contributed by atoms with Crippen LogP contribution in [-0.2, 0) is 0 Å². The maximum Gasteiger partial charge on any atom is 0.0787 e. The highest BCUT2D eigenvalue weighted by molar-refractivity contribution is 7.27. The third kappa shape index (κ3) is 5.41. The largest absolute Gasteiger partial charge is 0.309 e. The van der Waals surface area contributed by atoms with Gasteiger partial charge in [-0.2, -0.15) is 0 Å². The summed E-state index contributed by atoms with van der Waals surface area (Å²) >= 11 is 3.79. The summed E-state index contributed by atoms with van der Waals surface area (Å²) in [5.74, 6) is 0. The predicted molar refractivity (Wildman–Crippen MR) is 327 cm³/mol. The van der Waals surface area contributed by atoms with Gasteiger partial charge in [0.25, 0.3) is 0 Å². The van der Waals surface area contributed by atoms with Crippen LogP contribution in [0.5, 0.6) is 0 Å². The van der Waals surface area contributed by atoms with Gasteiger partial charge in [0.15, 0.2) is 0 Å². The third-order valence-corrected chi connectivity index (χ3v) is 18.8. The molecule has 12 aromatic carbocycles. The Bertz CT molecular complexity index is 5590. The Balaban J connectivity index is 0.989. The van der Waals surface area contributed by atoms with Crippen molar-refractivity contribution in [2.24, 2.45) is 0 Å². The van der Waals surface area contributed by atoms with E-state index in [0.717, 1.165) is 55.2 Å². The summed E-state index contributed by atoms with van der Waals surface area (Å²) in [7, 11) is 0. The molecule has 6 heteroatoms. The lowest BCUT2D eigenvalue weighted by Crippen LogP contribution is -1.95. The Kier molecular flexibility index (Phi) is 8.13. The Morgan fingerprint density at radius 3 is 1.55 bits per heavy atom. The van der Waals surface area contributed by atoms with E-state index >= 15 is 0 Å².